The van der Waals surface area contributed by atoms with Crippen molar-refractivity contribution < 1.29 is 8.78 Å². The van der Waals surface area contributed by atoms with E-state index >= 15 is 0 Å². The highest BCUT2D eigenvalue weighted by Crippen LogP contribution is 2.27. The van der Waals surface area contributed by atoms with E-state index in [0.717, 1.165) is 24.1 Å². The molecule has 2 aromatic rings. The average molecular weight is 342 g/mol. The van der Waals surface area contributed by atoms with Gasteiger partial charge in [-0.15, -0.1) is 0 Å². The molecule has 0 atom stereocenters. The molecule has 0 amide bonds. The summed E-state index contributed by atoms with van der Waals surface area (Å²) in [5.74, 6) is -1.30. The van der Waals surface area contributed by atoms with Crippen LogP contribution < -0.4 is 4.72 Å². The lowest BCUT2D eigenvalue weighted by Gasteiger charge is -2.07. The first kappa shape index (κ1) is 13.8. The summed E-state index contributed by atoms with van der Waals surface area (Å²) in [6.07, 6.45) is 1.49. The molecule has 0 saturated carbocycles. The molecule has 0 saturated heterocycles. The Hall–Kier alpha value is -1.65. The molecule has 2 rings (SSSR count). The molecule has 0 aliphatic carbocycles. The summed E-state index contributed by atoms with van der Waals surface area (Å²) < 4.78 is 29.7. The number of nitrogens with one attached hydrogen (secondary N) is 1. The van der Waals surface area contributed by atoms with E-state index < -0.39 is 11.6 Å². The summed E-state index contributed by atoms with van der Waals surface area (Å²) in [4.78, 5) is 4.14. The van der Waals surface area contributed by atoms with Crippen molar-refractivity contribution >= 4 is 33.6 Å². The highest BCUT2D eigenvalue weighted by molar-refractivity contribution is 9.10. The Morgan fingerprint density at radius 1 is 1.32 bits per heavy atom. The van der Waals surface area contributed by atoms with E-state index in [-0.39, 0.29) is 10.6 Å². The maximum atomic E-state index is 13.4. The molecular formula is C12H6BrF2N3S. The Labute approximate surface area is 120 Å². The fourth-order valence-corrected chi connectivity index (χ4v) is 2.27. The average Bonchev–Trinajstić information content (AvgIpc) is 2.38. The van der Waals surface area contributed by atoms with E-state index in [1.54, 1.807) is 6.07 Å². The number of nitrogens with zero attached hydrogens (tertiary/aromatic N) is 2. The number of aromatic nitrogens is 1. The molecule has 7 heteroatoms. The molecule has 0 aliphatic heterocycles. The highest BCUT2D eigenvalue weighted by Gasteiger charge is 2.08. The molecule has 3 nitrogen and oxygen atoms in total. The number of rotatable bonds is 3. The molecule has 1 N–H and O–H groups in total. The molecule has 0 bridgehead atoms. The van der Waals surface area contributed by atoms with E-state index in [0.29, 0.717) is 10.2 Å². The molecule has 19 heavy (non-hydrogen) atoms. The van der Waals surface area contributed by atoms with Crippen molar-refractivity contribution in [3.8, 4) is 6.07 Å². The first-order valence-corrected chi connectivity index (χ1v) is 6.64. The van der Waals surface area contributed by atoms with Gasteiger partial charge in [0.05, 0.1) is 10.6 Å². The third-order valence-corrected chi connectivity index (χ3v) is 3.43. The second-order valence-electron chi connectivity index (χ2n) is 3.44. The van der Waals surface area contributed by atoms with Crippen LogP contribution in [0.3, 0.4) is 0 Å². The summed E-state index contributed by atoms with van der Waals surface area (Å²) in [7, 11) is 0. The van der Waals surface area contributed by atoms with Gasteiger partial charge in [-0.2, -0.15) is 5.26 Å². The number of hydrogen-bond acceptors (Lipinski definition) is 4. The first-order chi connectivity index (χ1) is 9.10. The van der Waals surface area contributed by atoms with Crippen LogP contribution >= 0.6 is 27.9 Å². The predicted molar refractivity (Wildman–Crippen MR) is 72.5 cm³/mol. The maximum absolute atomic E-state index is 13.4. The molecule has 1 heterocycles. The number of hydrogen-bond donors (Lipinski definition) is 1. The van der Waals surface area contributed by atoms with Gasteiger partial charge in [-0.25, -0.2) is 13.8 Å². The fourth-order valence-electron chi connectivity index (χ4n) is 1.27. The van der Waals surface area contributed by atoms with Crippen LogP contribution in [0.15, 0.2) is 39.8 Å². The van der Waals surface area contributed by atoms with Gasteiger partial charge in [0, 0.05) is 16.7 Å². The molecule has 1 aromatic carbocycles. The van der Waals surface area contributed by atoms with Crippen molar-refractivity contribution in [2.24, 2.45) is 0 Å². The SMILES string of the molecule is N#Cc1ncc(Br)cc1NSc1ccc(F)cc1F. The predicted octanol–water partition coefficient (Wildman–Crippen LogP) is 4.11. The van der Waals surface area contributed by atoms with E-state index in [2.05, 4.69) is 25.6 Å². The van der Waals surface area contributed by atoms with E-state index in [4.69, 9.17) is 5.26 Å². The number of anilines is 1. The minimum absolute atomic E-state index is 0.193. The van der Waals surface area contributed by atoms with Gasteiger partial charge in [-0.3, -0.25) is 0 Å². The number of benzene rings is 1. The molecule has 96 valence electrons. The zero-order valence-corrected chi connectivity index (χ0v) is 11.7. The quantitative estimate of drug-likeness (QED) is 0.853. The second-order valence-corrected chi connectivity index (χ2v) is 5.20. The summed E-state index contributed by atoms with van der Waals surface area (Å²) in [5, 5.41) is 8.90. The molecule has 0 radical (unpaired) electrons. The Balaban J connectivity index is 2.19. The van der Waals surface area contributed by atoms with Gasteiger partial charge in [0.15, 0.2) is 5.69 Å². The number of nitriles is 1. The first-order valence-electron chi connectivity index (χ1n) is 5.03. The summed E-state index contributed by atoms with van der Waals surface area (Å²) >= 11 is 4.17. The third-order valence-electron chi connectivity index (χ3n) is 2.13. The summed E-state index contributed by atoms with van der Waals surface area (Å²) in [6.45, 7) is 0. The Morgan fingerprint density at radius 3 is 2.79 bits per heavy atom. The number of halogens is 3. The van der Waals surface area contributed by atoms with Crippen LogP contribution in [-0.4, -0.2) is 4.98 Å². The molecule has 0 spiro atoms. The second kappa shape index (κ2) is 5.99. The standard InChI is InChI=1S/C12H6BrF2N3S/c13-7-3-10(11(5-16)17-6-7)18-19-12-2-1-8(14)4-9(12)15/h1-4,6,18H. The van der Waals surface area contributed by atoms with Crippen LogP contribution in [0, 0.1) is 23.0 Å². The van der Waals surface area contributed by atoms with Gasteiger partial charge in [-0.05, 0) is 46.1 Å². The zero-order chi connectivity index (χ0) is 13.8. The molecule has 0 unspecified atom stereocenters. The van der Waals surface area contributed by atoms with Gasteiger partial charge in [-0.1, -0.05) is 0 Å². The topological polar surface area (TPSA) is 48.7 Å². The van der Waals surface area contributed by atoms with Gasteiger partial charge in [0.1, 0.15) is 17.7 Å². The van der Waals surface area contributed by atoms with Gasteiger partial charge in [0.2, 0.25) is 0 Å². The van der Waals surface area contributed by atoms with Crippen molar-refractivity contribution in [1.82, 2.24) is 4.98 Å². The molecule has 1 aromatic heterocycles. The maximum Gasteiger partial charge on any atom is 0.164 e. The lowest BCUT2D eigenvalue weighted by molar-refractivity contribution is 0.566. The monoisotopic (exact) mass is 341 g/mol. The van der Waals surface area contributed by atoms with Crippen LogP contribution in [0.2, 0.25) is 0 Å². The smallest absolute Gasteiger partial charge is 0.164 e. The van der Waals surface area contributed by atoms with Crippen LogP contribution in [-0.2, 0) is 0 Å². The molecule has 0 aliphatic rings. The largest absolute Gasteiger partial charge is 0.323 e. The minimum Gasteiger partial charge on any atom is -0.323 e. The van der Waals surface area contributed by atoms with Crippen molar-refractivity contribution in [3.63, 3.8) is 0 Å². The zero-order valence-electron chi connectivity index (χ0n) is 9.32. The van der Waals surface area contributed by atoms with Crippen LogP contribution in [0.1, 0.15) is 5.69 Å². The lowest BCUT2D eigenvalue weighted by Crippen LogP contribution is -1.95. The van der Waals surface area contributed by atoms with Crippen LogP contribution in [0.25, 0.3) is 0 Å². The van der Waals surface area contributed by atoms with Gasteiger partial charge < -0.3 is 4.72 Å². The fraction of sp³-hybridized carbons (Fsp3) is 0. The van der Waals surface area contributed by atoms with E-state index in [9.17, 15) is 8.78 Å². The Kier molecular flexibility index (Phi) is 4.35. The summed E-state index contributed by atoms with van der Waals surface area (Å²) in [6, 6.07) is 6.86. The summed E-state index contributed by atoms with van der Waals surface area (Å²) in [5.41, 5.74) is 0.642. The Bertz CT molecular complexity index is 658. The third kappa shape index (κ3) is 3.43. The molecular weight excluding hydrogens is 336 g/mol. The van der Waals surface area contributed by atoms with Gasteiger partial charge in [0.25, 0.3) is 0 Å². The van der Waals surface area contributed by atoms with Gasteiger partial charge >= 0.3 is 0 Å². The van der Waals surface area contributed by atoms with Crippen molar-refractivity contribution in [3.05, 3.63) is 52.3 Å². The molecule has 0 fully saturated rings. The van der Waals surface area contributed by atoms with E-state index in [1.807, 2.05) is 6.07 Å². The normalized spacial score (nSPS) is 10.0. The minimum atomic E-state index is -0.668. The van der Waals surface area contributed by atoms with Crippen molar-refractivity contribution in [2.75, 3.05) is 4.72 Å². The van der Waals surface area contributed by atoms with Crippen LogP contribution in [0.4, 0.5) is 14.5 Å². The van der Waals surface area contributed by atoms with Crippen molar-refractivity contribution in [2.45, 2.75) is 4.90 Å². The Morgan fingerprint density at radius 2 is 2.11 bits per heavy atom. The van der Waals surface area contributed by atoms with Crippen molar-refractivity contribution in [1.29, 1.82) is 5.26 Å². The van der Waals surface area contributed by atoms with E-state index in [1.165, 1.54) is 12.3 Å². The lowest BCUT2D eigenvalue weighted by atomic mass is 10.3. The number of pyridine rings is 1. The highest BCUT2D eigenvalue weighted by atomic mass is 79.9. The van der Waals surface area contributed by atoms with Crippen LogP contribution in [0.5, 0.6) is 0 Å².